The van der Waals surface area contributed by atoms with Crippen LogP contribution in [0.5, 0.6) is 5.75 Å². The number of carbonyl (C=O) groups excluding carboxylic acids is 1. The quantitative estimate of drug-likeness (QED) is 0.485. The first-order valence-electron chi connectivity index (χ1n) is 3.80. The molecule has 0 bridgehead atoms. The van der Waals surface area contributed by atoms with E-state index in [0.29, 0.717) is 0 Å². The topological polar surface area (TPSA) is 69.4 Å². The summed E-state index contributed by atoms with van der Waals surface area (Å²) >= 11 is 16.5. The number of nitro groups is 1. The number of halogens is 3. The van der Waals surface area contributed by atoms with E-state index in [1.54, 1.807) is 0 Å². The van der Waals surface area contributed by atoms with Crippen molar-refractivity contribution in [3.05, 3.63) is 31.8 Å². The minimum Gasteiger partial charge on any atom is -0.495 e. The third-order valence-electron chi connectivity index (χ3n) is 1.76. The summed E-state index contributed by atoms with van der Waals surface area (Å²) in [6.45, 7) is 0. The van der Waals surface area contributed by atoms with Crippen molar-refractivity contribution in [2.45, 2.75) is 0 Å². The highest BCUT2D eigenvalue weighted by Crippen LogP contribution is 2.42. The maximum Gasteiger partial charge on any atom is 0.310 e. The molecule has 0 saturated heterocycles. The fourth-order valence-corrected chi connectivity index (χ4v) is 1.90. The van der Waals surface area contributed by atoms with E-state index in [1.165, 1.54) is 7.11 Å². The van der Waals surface area contributed by atoms with E-state index in [-0.39, 0.29) is 16.3 Å². The zero-order valence-electron chi connectivity index (χ0n) is 7.79. The van der Waals surface area contributed by atoms with Gasteiger partial charge in [0.25, 0.3) is 5.24 Å². The molecule has 0 unspecified atom stereocenters. The molecule has 5 nitrogen and oxygen atoms in total. The molecule has 0 atom stereocenters. The highest BCUT2D eigenvalue weighted by Gasteiger charge is 2.27. The lowest BCUT2D eigenvalue weighted by molar-refractivity contribution is -0.384. The minimum atomic E-state index is -0.928. The Morgan fingerprint density at radius 1 is 1.44 bits per heavy atom. The molecule has 0 aliphatic heterocycles. The molecular formula is C8H4Cl3NO4. The molecule has 1 rings (SSSR count). The first kappa shape index (κ1) is 13.0. The van der Waals surface area contributed by atoms with Gasteiger partial charge in [-0.3, -0.25) is 14.9 Å². The van der Waals surface area contributed by atoms with Crippen LogP contribution in [0.15, 0.2) is 6.07 Å². The van der Waals surface area contributed by atoms with Gasteiger partial charge in [-0.15, -0.1) is 0 Å². The predicted molar refractivity (Wildman–Crippen MR) is 59.9 cm³/mol. The number of hydrogen-bond acceptors (Lipinski definition) is 4. The van der Waals surface area contributed by atoms with E-state index in [0.717, 1.165) is 6.07 Å². The molecule has 0 aliphatic rings. The Balaban J connectivity index is 3.64. The number of ether oxygens (including phenoxy) is 1. The second kappa shape index (κ2) is 4.86. The van der Waals surface area contributed by atoms with E-state index in [4.69, 9.17) is 39.5 Å². The third kappa shape index (κ3) is 2.21. The summed E-state index contributed by atoms with van der Waals surface area (Å²) in [6.07, 6.45) is 0. The number of carbonyl (C=O) groups is 1. The van der Waals surface area contributed by atoms with Gasteiger partial charge < -0.3 is 4.74 Å². The van der Waals surface area contributed by atoms with Crippen molar-refractivity contribution in [2.24, 2.45) is 0 Å². The number of benzene rings is 1. The van der Waals surface area contributed by atoms with Gasteiger partial charge in [0.1, 0.15) is 10.8 Å². The van der Waals surface area contributed by atoms with Gasteiger partial charge in [0.15, 0.2) is 5.02 Å². The highest BCUT2D eigenvalue weighted by molar-refractivity contribution is 6.69. The van der Waals surface area contributed by atoms with Gasteiger partial charge in [-0.25, -0.2) is 0 Å². The van der Waals surface area contributed by atoms with E-state index in [2.05, 4.69) is 0 Å². The smallest absolute Gasteiger partial charge is 0.310 e. The van der Waals surface area contributed by atoms with Crippen molar-refractivity contribution >= 4 is 45.7 Å². The Morgan fingerprint density at radius 2 is 2.00 bits per heavy atom. The van der Waals surface area contributed by atoms with Crippen LogP contribution in [0, 0.1) is 10.1 Å². The second-order valence-electron chi connectivity index (χ2n) is 2.63. The molecule has 0 aromatic heterocycles. The van der Waals surface area contributed by atoms with Crippen molar-refractivity contribution < 1.29 is 14.5 Å². The van der Waals surface area contributed by atoms with E-state index in [1.807, 2.05) is 0 Å². The number of methoxy groups -OCH3 is 1. The summed E-state index contributed by atoms with van der Waals surface area (Å²) < 4.78 is 4.78. The molecule has 0 fully saturated rings. The first-order chi connectivity index (χ1) is 7.40. The van der Waals surface area contributed by atoms with Crippen LogP contribution < -0.4 is 4.74 Å². The zero-order valence-corrected chi connectivity index (χ0v) is 10.1. The van der Waals surface area contributed by atoms with Gasteiger partial charge in [-0.2, -0.15) is 0 Å². The van der Waals surface area contributed by atoms with Crippen LogP contribution in [0.4, 0.5) is 5.69 Å². The van der Waals surface area contributed by atoms with Gasteiger partial charge in [-0.1, -0.05) is 23.2 Å². The number of nitro benzene ring substituents is 1. The Morgan fingerprint density at radius 3 is 2.38 bits per heavy atom. The number of rotatable bonds is 3. The first-order valence-corrected chi connectivity index (χ1v) is 4.93. The molecule has 0 spiro atoms. The maximum absolute atomic E-state index is 11.0. The van der Waals surface area contributed by atoms with E-state index in [9.17, 15) is 14.9 Å². The van der Waals surface area contributed by atoms with Gasteiger partial charge >= 0.3 is 5.69 Å². The van der Waals surface area contributed by atoms with Crippen molar-refractivity contribution in [1.29, 1.82) is 0 Å². The van der Waals surface area contributed by atoms with Crippen LogP contribution in [0.2, 0.25) is 10.0 Å². The lowest BCUT2D eigenvalue weighted by Crippen LogP contribution is -1.99. The van der Waals surface area contributed by atoms with Crippen molar-refractivity contribution in [2.75, 3.05) is 7.11 Å². The maximum atomic E-state index is 11.0. The summed E-state index contributed by atoms with van der Waals surface area (Å²) in [5.41, 5.74) is -0.831. The average Bonchev–Trinajstić information content (AvgIpc) is 2.16. The summed E-state index contributed by atoms with van der Waals surface area (Å²) in [4.78, 5) is 20.9. The summed E-state index contributed by atoms with van der Waals surface area (Å²) in [5, 5.41) is 9.10. The molecular weight excluding hydrogens is 280 g/mol. The molecule has 0 saturated carbocycles. The molecule has 16 heavy (non-hydrogen) atoms. The van der Waals surface area contributed by atoms with Crippen molar-refractivity contribution in [3.8, 4) is 5.75 Å². The Hall–Kier alpha value is -1.04. The lowest BCUT2D eigenvalue weighted by atomic mass is 10.2. The molecule has 86 valence electrons. The van der Waals surface area contributed by atoms with Crippen LogP contribution >= 0.6 is 34.8 Å². The summed E-state index contributed by atoms with van der Waals surface area (Å²) in [5.74, 6) is -0.0400. The fraction of sp³-hybridized carbons (Fsp3) is 0.125. The minimum absolute atomic E-state index is 0.0400. The SMILES string of the molecule is COc1cc(C(=O)Cl)c(Cl)c([N+](=O)[O-])c1Cl. The Kier molecular flexibility index (Phi) is 3.96. The number of hydrogen-bond donors (Lipinski definition) is 0. The van der Waals surface area contributed by atoms with Crippen molar-refractivity contribution in [3.63, 3.8) is 0 Å². The molecule has 0 heterocycles. The standard InChI is InChI=1S/C8H4Cl3NO4/c1-16-4-2-3(8(11)13)5(9)7(6(4)10)12(14)15/h2H,1H3. The van der Waals surface area contributed by atoms with Crippen LogP contribution in [-0.2, 0) is 0 Å². The highest BCUT2D eigenvalue weighted by atomic mass is 35.5. The van der Waals surface area contributed by atoms with Crippen LogP contribution in [-0.4, -0.2) is 17.3 Å². The monoisotopic (exact) mass is 283 g/mol. The Bertz CT molecular complexity index is 475. The third-order valence-corrected chi connectivity index (χ3v) is 2.71. The zero-order chi connectivity index (χ0) is 12.5. The molecule has 0 amide bonds. The molecule has 0 aliphatic carbocycles. The van der Waals surface area contributed by atoms with Gasteiger partial charge in [-0.05, 0) is 17.7 Å². The predicted octanol–water partition coefficient (Wildman–Crippen LogP) is 3.29. The largest absolute Gasteiger partial charge is 0.495 e. The average molecular weight is 284 g/mol. The molecule has 0 N–H and O–H groups in total. The lowest BCUT2D eigenvalue weighted by Gasteiger charge is -2.07. The van der Waals surface area contributed by atoms with Gasteiger partial charge in [0.2, 0.25) is 0 Å². The number of nitrogens with zero attached hydrogens (tertiary/aromatic N) is 1. The fourth-order valence-electron chi connectivity index (χ4n) is 1.05. The molecule has 1 aromatic carbocycles. The van der Waals surface area contributed by atoms with Crippen LogP contribution in [0.1, 0.15) is 10.4 Å². The van der Waals surface area contributed by atoms with E-state index < -0.39 is 20.9 Å². The van der Waals surface area contributed by atoms with Gasteiger partial charge in [0.05, 0.1) is 17.6 Å². The van der Waals surface area contributed by atoms with Crippen LogP contribution in [0.3, 0.4) is 0 Å². The van der Waals surface area contributed by atoms with Crippen molar-refractivity contribution in [1.82, 2.24) is 0 Å². The molecule has 8 heteroatoms. The van der Waals surface area contributed by atoms with Gasteiger partial charge in [0, 0.05) is 0 Å². The Labute approximate surface area is 105 Å². The summed E-state index contributed by atoms with van der Waals surface area (Å²) in [7, 11) is 1.25. The van der Waals surface area contributed by atoms with E-state index >= 15 is 0 Å². The normalized spacial score (nSPS) is 10.0. The summed E-state index contributed by atoms with van der Waals surface area (Å²) in [6, 6.07) is 1.15. The molecule has 1 aromatic rings. The second-order valence-corrected chi connectivity index (χ2v) is 3.73. The molecule has 0 radical (unpaired) electrons. The van der Waals surface area contributed by atoms with Crippen LogP contribution in [0.25, 0.3) is 0 Å².